The van der Waals surface area contributed by atoms with Crippen LogP contribution >= 0.6 is 15.9 Å². The minimum absolute atomic E-state index is 0.0821. The third-order valence-corrected chi connectivity index (χ3v) is 2.86. The number of hydrogen-bond acceptors (Lipinski definition) is 4. The van der Waals surface area contributed by atoms with Gasteiger partial charge in [0, 0.05) is 16.2 Å². The minimum Gasteiger partial charge on any atom is -0.497 e. The van der Waals surface area contributed by atoms with Crippen molar-refractivity contribution in [3.63, 3.8) is 0 Å². The number of amides is 1. The third-order valence-electron chi connectivity index (χ3n) is 2.41. The van der Waals surface area contributed by atoms with Crippen LogP contribution in [-0.2, 0) is 0 Å². The zero-order chi connectivity index (χ0) is 14.7. The van der Waals surface area contributed by atoms with E-state index >= 15 is 0 Å². The molecule has 0 spiro atoms. The molecule has 2 N–H and O–H groups in total. The van der Waals surface area contributed by atoms with Crippen molar-refractivity contribution in [2.75, 3.05) is 12.4 Å². The van der Waals surface area contributed by atoms with Gasteiger partial charge in [0.25, 0.3) is 5.91 Å². The highest BCUT2D eigenvalue weighted by Gasteiger charge is 2.15. The maximum atomic E-state index is 11.9. The highest BCUT2D eigenvalue weighted by atomic mass is 79.9. The fourth-order valence-electron chi connectivity index (χ4n) is 1.52. The van der Waals surface area contributed by atoms with Gasteiger partial charge in [0.1, 0.15) is 5.75 Å². The van der Waals surface area contributed by atoms with Gasteiger partial charge in [0.15, 0.2) is 5.76 Å². The van der Waals surface area contributed by atoms with Crippen LogP contribution < -0.4 is 10.1 Å². The number of rotatable bonds is 4. The summed E-state index contributed by atoms with van der Waals surface area (Å²) in [6.07, 6.45) is 0. The van der Waals surface area contributed by atoms with Crippen molar-refractivity contribution in [3.05, 3.63) is 46.3 Å². The normalized spacial score (nSPS) is 10.1. The van der Waals surface area contributed by atoms with Gasteiger partial charge in [0.2, 0.25) is 5.76 Å². The van der Waals surface area contributed by atoms with Crippen LogP contribution in [0.1, 0.15) is 21.1 Å². The summed E-state index contributed by atoms with van der Waals surface area (Å²) in [7, 11) is 1.51. The summed E-state index contributed by atoms with van der Waals surface area (Å²) in [5.41, 5.74) is 0.495. The Morgan fingerprint density at radius 1 is 1.25 bits per heavy atom. The summed E-state index contributed by atoms with van der Waals surface area (Å²) in [6.45, 7) is 0. The number of hydrogen-bond donors (Lipinski definition) is 2. The van der Waals surface area contributed by atoms with Crippen LogP contribution in [0.25, 0.3) is 0 Å². The molecule has 2 aromatic rings. The number of methoxy groups -OCH3 is 1. The van der Waals surface area contributed by atoms with E-state index in [0.29, 0.717) is 11.4 Å². The SMILES string of the molecule is COc1cc(Br)cc(NC(=O)c2ccc(C(=O)O)o2)c1. The van der Waals surface area contributed by atoms with Gasteiger partial charge in [-0.05, 0) is 24.3 Å². The van der Waals surface area contributed by atoms with E-state index in [1.54, 1.807) is 18.2 Å². The van der Waals surface area contributed by atoms with E-state index in [4.69, 9.17) is 14.3 Å². The number of halogens is 1. The highest BCUT2D eigenvalue weighted by molar-refractivity contribution is 9.10. The van der Waals surface area contributed by atoms with Crippen LogP contribution in [0.5, 0.6) is 5.75 Å². The molecule has 0 aliphatic carbocycles. The molecular formula is C13H10BrNO5. The molecule has 0 fully saturated rings. The van der Waals surface area contributed by atoms with Gasteiger partial charge in [0.05, 0.1) is 7.11 Å². The van der Waals surface area contributed by atoms with E-state index < -0.39 is 11.9 Å². The Morgan fingerprint density at radius 2 is 1.95 bits per heavy atom. The first-order valence-electron chi connectivity index (χ1n) is 5.48. The van der Waals surface area contributed by atoms with Crippen LogP contribution in [0.2, 0.25) is 0 Å². The smallest absolute Gasteiger partial charge is 0.371 e. The number of benzene rings is 1. The van der Waals surface area contributed by atoms with Crippen LogP contribution in [-0.4, -0.2) is 24.1 Å². The summed E-state index contributed by atoms with van der Waals surface area (Å²) < 4.78 is 10.7. The second-order valence-electron chi connectivity index (χ2n) is 3.80. The van der Waals surface area contributed by atoms with Crippen LogP contribution in [0.3, 0.4) is 0 Å². The molecule has 1 aromatic heterocycles. The topological polar surface area (TPSA) is 88.8 Å². The minimum atomic E-state index is -1.23. The fourth-order valence-corrected chi connectivity index (χ4v) is 1.99. The number of nitrogens with one attached hydrogen (secondary N) is 1. The van der Waals surface area contributed by atoms with E-state index in [9.17, 15) is 9.59 Å². The summed E-state index contributed by atoms with van der Waals surface area (Å²) in [6, 6.07) is 7.57. The van der Waals surface area contributed by atoms with Crippen molar-refractivity contribution in [3.8, 4) is 5.75 Å². The molecule has 1 amide bonds. The number of carboxylic acid groups (broad SMARTS) is 1. The molecule has 0 atom stereocenters. The molecule has 0 saturated carbocycles. The molecule has 0 bridgehead atoms. The van der Waals surface area contributed by atoms with Crippen molar-refractivity contribution in [2.24, 2.45) is 0 Å². The van der Waals surface area contributed by atoms with Crippen molar-refractivity contribution in [1.82, 2.24) is 0 Å². The predicted molar refractivity (Wildman–Crippen MR) is 74.3 cm³/mol. The molecule has 104 valence electrons. The van der Waals surface area contributed by atoms with Gasteiger partial charge in [-0.2, -0.15) is 0 Å². The number of anilines is 1. The number of aromatic carboxylic acids is 1. The molecular weight excluding hydrogens is 330 g/mol. The Balaban J connectivity index is 2.18. The molecule has 0 aliphatic rings. The largest absolute Gasteiger partial charge is 0.497 e. The number of carbonyl (C=O) groups excluding carboxylic acids is 1. The molecule has 0 saturated heterocycles. The third kappa shape index (κ3) is 3.18. The van der Waals surface area contributed by atoms with Crippen molar-refractivity contribution in [2.45, 2.75) is 0 Å². The van der Waals surface area contributed by atoms with E-state index in [0.717, 1.165) is 4.47 Å². The van der Waals surface area contributed by atoms with E-state index in [-0.39, 0.29) is 11.5 Å². The summed E-state index contributed by atoms with van der Waals surface area (Å²) in [5.74, 6) is -1.57. The molecule has 20 heavy (non-hydrogen) atoms. The summed E-state index contributed by atoms with van der Waals surface area (Å²) >= 11 is 3.29. The lowest BCUT2D eigenvalue weighted by atomic mass is 10.3. The van der Waals surface area contributed by atoms with Gasteiger partial charge in [-0.15, -0.1) is 0 Å². The lowest BCUT2D eigenvalue weighted by Gasteiger charge is -2.06. The lowest BCUT2D eigenvalue weighted by molar-refractivity contribution is 0.0660. The van der Waals surface area contributed by atoms with E-state index in [2.05, 4.69) is 21.2 Å². The van der Waals surface area contributed by atoms with Gasteiger partial charge < -0.3 is 19.6 Å². The summed E-state index contributed by atoms with van der Waals surface area (Å²) in [5, 5.41) is 11.3. The van der Waals surface area contributed by atoms with E-state index in [1.807, 2.05) is 0 Å². The Bertz CT molecular complexity index is 665. The standard InChI is InChI=1S/C13H10BrNO5/c1-19-9-5-7(14)4-8(6-9)15-12(16)10-2-3-11(20-10)13(17)18/h2-6H,1H3,(H,15,16)(H,17,18). The quantitative estimate of drug-likeness (QED) is 0.893. The Labute approximate surface area is 122 Å². The maximum Gasteiger partial charge on any atom is 0.371 e. The van der Waals surface area contributed by atoms with Gasteiger partial charge in [-0.25, -0.2) is 4.79 Å². The highest BCUT2D eigenvalue weighted by Crippen LogP contribution is 2.25. The molecule has 1 heterocycles. The molecule has 0 aliphatic heterocycles. The van der Waals surface area contributed by atoms with Gasteiger partial charge in [-0.1, -0.05) is 15.9 Å². The molecule has 1 aromatic carbocycles. The Hall–Kier alpha value is -2.28. The van der Waals surface area contributed by atoms with E-state index in [1.165, 1.54) is 19.2 Å². The first-order valence-corrected chi connectivity index (χ1v) is 6.28. The lowest BCUT2D eigenvalue weighted by Crippen LogP contribution is -2.11. The van der Waals surface area contributed by atoms with Gasteiger partial charge >= 0.3 is 5.97 Å². The first kappa shape index (κ1) is 14.1. The average Bonchev–Trinajstić information content (AvgIpc) is 2.87. The second-order valence-corrected chi connectivity index (χ2v) is 4.72. The number of furan rings is 1. The van der Waals surface area contributed by atoms with Crippen LogP contribution in [0, 0.1) is 0 Å². The fraction of sp³-hybridized carbons (Fsp3) is 0.0769. The molecule has 2 rings (SSSR count). The zero-order valence-electron chi connectivity index (χ0n) is 10.3. The van der Waals surface area contributed by atoms with Crippen LogP contribution in [0.15, 0.2) is 39.2 Å². The first-order chi connectivity index (χ1) is 9.49. The van der Waals surface area contributed by atoms with Crippen molar-refractivity contribution < 1.29 is 23.8 Å². The Morgan fingerprint density at radius 3 is 2.55 bits per heavy atom. The van der Waals surface area contributed by atoms with Crippen LogP contribution in [0.4, 0.5) is 5.69 Å². The summed E-state index contributed by atoms with van der Waals surface area (Å²) in [4.78, 5) is 22.6. The second kappa shape index (κ2) is 5.79. The number of carbonyl (C=O) groups is 2. The monoisotopic (exact) mass is 339 g/mol. The number of carboxylic acids is 1. The molecule has 7 heteroatoms. The molecule has 0 unspecified atom stereocenters. The Kier molecular flexibility index (Phi) is 4.09. The maximum absolute atomic E-state index is 11.9. The molecule has 0 radical (unpaired) electrons. The van der Waals surface area contributed by atoms with Crippen molar-refractivity contribution in [1.29, 1.82) is 0 Å². The van der Waals surface area contributed by atoms with Gasteiger partial charge in [-0.3, -0.25) is 4.79 Å². The number of ether oxygens (including phenoxy) is 1. The van der Waals surface area contributed by atoms with Crippen molar-refractivity contribution >= 4 is 33.5 Å². The average molecular weight is 340 g/mol. The zero-order valence-corrected chi connectivity index (χ0v) is 11.9. The predicted octanol–water partition coefficient (Wildman–Crippen LogP) is 3.00. The molecule has 6 nitrogen and oxygen atoms in total.